The molecule has 0 aromatic carbocycles. The summed E-state index contributed by atoms with van der Waals surface area (Å²) < 4.78 is 2.21. The van der Waals surface area contributed by atoms with Gasteiger partial charge in [0, 0.05) is 0 Å². The Bertz CT molecular complexity index is 130. The minimum Gasteiger partial charge on any atom is -0.331 e. The van der Waals surface area contributed by atoms with E-state index in [-0.39, 0.29) is 24.8 Å². The summed E-state index contributed by atoms with van der Waals surface area (Å²) in [5.41, 5.74) is 0. The molecule has 4 heteroatoms. The molecule has 102 valence electrons. The highest BCUT2D eigenvalue weighted by Gasteiger charge is 2.07. The van der Waals surface area contributed by atoms with Gasteiger partial charge in [-0.3, -0.25) is 0 Å². The van der Waals surface area contributed by atoms with Crippen molar-refractivity contribution in [2.24, 2.45) is 0 Å². The monoisotopic (exact) mass is 274 g/mol. The Labute approximate surface area is 115 Å². The predicted octanol–water partition coefficient (Wildman–Crippen LogP) is 2.80. The van der Waals surface area contributed by atoms with Crippen molar-refractivity contribution < 1.29 is 8.97 Å². The molecule has 0 heterocycles. The van der Waals surface area contributed by atoms with E-state index in [0.717, 1.165) is 8.97 Å². The van der Waals surface area contributed by atoms with Gasteiger partial charge in [-0.25, -0.2) is 0 Å². The second-order valence-electron chi connectivity index (χ2n) is 6.44. The largest absolute Gasteiger partial charge is 0.331 e. The average molecular weight is 275 g/mol. The maximum absolute atomic E-state index is 2.27. The highest BCUT2D eigenvalue weighted by Crippen LogP contribution is 2.05. The second-order valence-corrected chi connectivity index (χ2v) is 6.44. The topological polar surface area (TPSA) is 0 Å². The zero-order chi connectivity index (χ0) is 11.2. The molecule has 0 saturated carbocycles. The Kier molecular flexibility index (Phi) is 12.9. The van der Waals surface area contributed by atoms with E-state index in [1.54, 1.807) is 0 Å². The number of halogens is 2. The number of hydrogen-bond acceptors (Lipinski definition) is 0. The fourth-order valence-corrected chi connectivity index (χ4v) is 1.53. The molecule has 0 aromatic rings. The highest BCUT2D eigenvalue weighted by molar-refractivity contribution is 5.85. The summed E-state index contributed by atoms with van der Waals surface area (Å²) in [7, 11) is 13.6. The second kappa shape index (κ2) is 9.52. The van der Waals surface area contributed by atoms with Gasteiger partial charge in [0.1, 0.15) is 0 Å². The van der Waals surface area contributed by atoms with Crippen molar-refractivity contribution in [3.63, 3.8) is 0 Å². The van der Waals surface area contributed by atoms with Crippen molar-refractivity contribution in [1.82, 2.24) is 0 Å². The third-order valence-corrected chi connectivity index (χ3v) is 2.41. The van der Waals surface area contributed by atoms with Crippen LogP contribution in [0.3, 0.4) is 0 Å². The number of unbranched alkanes of at least 4 members (excludes halogenated alkanes) is 3. The Balaban J connectivity index is -0.000000845. The molecule has 0 aliphatic carbocycles. The van der Waals surface area contributed by atoms with Crippen LogP contribution in [0.25, 0.3) is 0 Å². The average Bonchev–Trinajstić information content (AvgIpc) is 1.92. The van der Waals surface area contributed by atoms with Crippen LogP contribution in [0.5, 0.6) is 0 Å². The van der Waals surface area contributed by atoms with Gasteiger partial charge < -0.3 is 8.97 Å². The summed E-state index contributed by atoms with van der Waals surface area (Å²) in [6.45, 7) is 2.62. The number of hydrogen-bond donors (Lipinski definition) is 0. The summed E-state index contributed by atoms with van der Waals surface area (Å²) in [6.07, 6.45) is 5.55. The van der Waals surface area contributed by atoms with Crippen molar-refractivity contribution in [2.75, 3.05) is 55.4 Å². The molecule has 0 radical (unpaired) electrons. The van der Waals surface area contributed by atoms with E-state index in [9.17, 15) is 0 Å². The lowest BCUT2D eigenvalue weighted by atomic mass is 10.1. The normalized spacial score (nSPS) is 11.6. The van der Waals surface area contributed by atoms with Gasteiger partial charge in [0.2, 0.25) is 0 Å². The van der Waals surface area contributed by atoms with Gasteiger partial charge in [-0.15, -0.1) is 24.8 Å². The molecular weight excluding hydrogens is 243 g/mol. The molecule has 0 N–H and O–H groups in total. The summed E-state index contributed by atoms with van der Waals surface area (Å²) in [5, 5.41) is 0. The van der Waals surface area contributed by atoms with Crippen molar-refractivity contribution in [2.45, 2.75) is 25.7 Å². The first-order chi connectivity index (χ1) is 6.21. The van der Waals surface area contributed by atoms with E-state index in [2.05, 4.69) is 42.3 Å². The van der Waals surface area contributed by atoms with Gasteiger partial charge in [0.25, 0.3) is 0 Å². The number of nitrogens with zero attached hydrogens (tertiary/aromatic N) is 2. The first kappa shape index (κ1) is 21.8. The summed E-state index contributed by atoms with van der Waals surface area (Å²) in [5.74, 6) is 0. The molecule has 0 atom stereocenters. The SMILES string of the molecule is C[N+](C)(C)CCCCCC[N+](C)(C)C.Cl.Cl. The Hall–Kier alpha value is 0.500. The lowest BCUT2D eigenvalue weighted by Crippen LogP contribution is -2.35. The van der Waals surface area contributed by atoms with Crippen LogP contribution in [0.2, 0.25) is 0 Å². The minimum absolute atomic E-state index is 0. The Morgan fingerprint density at radius 1 is 0.500 bits per heavy atom. The molecule has 0 amide bonds. The molecule has 0 fully saturated rings. The fourth-order valence-electron chi connectivity index (χ4n) is 1.53. The van der Waals surface area contributed by atoms with Crippen molar-refractivity contribution >= 4 is 24.8 Å². The lowest BCUT2D eigenvalue weighted by Gasteiger charge is -2.25. The molecule has 0 rings (SSSR count). The lowest BCUT2D eigenvalue weighted by molar-refractivity contribution is -0.871. The zero-order valence-corrected chi connectivity index (χ0v) is 13.6. The first-order valence-corrected chi connectivity index (χ1v) is 5.82. The maximum Gasteiger partial charge on any atom is 0.0780 e. The molecule has 2 nitrogen and oxygen atoms in total. The van der Waals surface area contributed by atoms with E-state index in [4.69, 9.17) is 0 Å². The molecule has 0 spiro atoms. The molecule has 0 aliphatic heterocycles. The third-order valence-electron chi connectivity index (χ3n) is 2.41. The Morgan fingerprint density at radius 3 is 0.938 bits per heavy atom. The van der Waals surface area contributed by atoms with Gasteiger partial charge in [0.15, 0.2) is 0 Å². The van der Waals surface area contributed by atoms with E-state index in [0.29, 0.717) is 0 Å². The van der Waals surface area contributed by atoms with Crippen molar-refractivity contribution in [3.8, 4) is 0 Å². The smallest absolute Gasteiger partial charge is 0.0780 e. The van der Waals surface area contributed by atoms with E-state index >= 15 is 0 Å². The van der Waals surface area contributed by atoms with Crippen LogP contribution < -0.4 is 0 Å². The Morgan fingerprint density at radius 2 is 0.750 bits per heavy atom. The summed E-state index contributed by atoms with van der Waals surface area (Å²) in [4.78, 5) is 0. The van der Waals surface area contributed by atoms with Gasteiger partial charge >= 0.3 is 0 Å². The zero-order valence-electron chi connectivity index (χ0n) is 12.0. The van der Waals surface area contributed by atoms with E-state index in [1.807, 2.05) is 0 Å². The van der Waals surface area contributed by atoms with Crippen LogP contribution in [-0.4, -0.2) is 64.3 Å². The molecule has 0 aromatic heterocycles. The summed E-state index contributed by atoms with van der Waals surface area (Å²) in [6, 6.07) is 0. The standard InChI is InChI=1S/C12H30N2.2ClH/c1-13(2,3)11-9-7-8-10-12-14(4,5)6;;/h7-12H2,1-6H3;2*1H/q+2;;. The van der Waals surface area contributed by atoms with Gasteiger partial charge in [-0.1, -0.05) is 0 Å². The number of rotatable bonds is 7. The van der Waals surface area contributed by atoms with Crippen LogP contribution in [0.15, 0.2) is 0 Å². The minimum atomic E-state index is 0. The predicted molar refractivity (Wildman–Crippen MR) is 78.8 cm³/mol. The fraction of sp³-hybridized carbons (Fsp3) is 1.00. The molecule has 0 saturated heterocycles. The van der Waals surface area contributed by atoms with Crippen LogP contribution in [0, 0.1) is 0 Å². The van der Waals surface area contributed by atoms with Crippen LogP contribution in [-0.2, 0) is 0 Å². The molecule has 16 heavy (non-hydrogen) atoms. The van der Waals surface area contributed by atoms with Crippen molar-refractivity contribution in [1.29, 1.82) is 0 Å². The van der Waals surface area contributed by atoms with Crippen LogP contribution >= 0.6 is 24.8 Å². The molecular formula is C12H32Cl2N2+2. The van der Waals surface area contributed by atoms with Crippen LogP contribution in [0.1, 0.15) is 25.7 Å². The van der Waals surface area contributed by atoms with E-state index in [1.165, 1.54) is 38.8 Å². The third kappa shape index (κ3) is 20.0. The van der Waals surface area contributed by atoms with Gasteiger partial charge in [-0.2, -0.15) is 0 Å². The van der Waals surface area contributed by atoms with Crippen molar-refractivity contribution in [3.05, 3.63) is 0 Å². The number of quaternary nitrogens is 2. The summed E-state index contributed by atoms with van der Waals surface area (Å²) >= 11 is 0. The van der Waals surface area contributed by atoms with Gasteiger partial charge in [0.05, 0.1) is 55.4 Å². The highest BCUT2D eigenvalue weighted by atomic mass is 35.5. The van der Waals surface area contributed by atoms with E-state index < -0.39 is 0 Å². The first-order valence-electron chi connectivity index (χ1n) is 5.82. The van der Waals surface area contributed by atoms with Gasteiger partial charge in [-0.05, 0) is 25.7 Å². The molecule has 0 unspecified atom stereocenters. The quantitative estimate of drug-likeness (QED) is 0.495. The molecule has 0 aliphatic rings. The molecule has 0 bridgehead atoms. The van der Waals surface area contributed by atoms with Crippen LogP contribution in [0.4, 0.5) is 0 Å². The maximum atomic E-state index is 2.27.